The molecule has 0 N–H and O–H groups in total. The molecule has 2 fully saturated rings. The van der Waals surface area contributed by atoms with Crippen LogP contribution in [-0.4, -0.2) is 8.07 Å². The van der Waals surface area contributed by atoms with E-state index >= 15 is 0 Å². The molecule has 4 rings (SSSR count). The average Bonchev–Trinajstić information content (AvgIpc) is 2.25. The summed E-state index contributed by atoms with van der Waals surface area (Å²) in [6.07, 6.45) is 2.37. The summed E-state index contributed by atoms with van der Waals surface area (Å²) >= 11 is 0. The normalized spacial score (nSPS) is 41.9. The third-order valence-corrected chi connectivity index (χ3v) is 8.35. The van der Waals surface area contributed by atoms with Crippen LogP contribution in [0.5, 0.6) is 0 Å². The zero-order valence-electron chi connectivity index (χ0n) is 10.5. The molecular formula is C14H18N2Si. The SMILES string of the molecule is C[Si]1(C)CC2CC3CC(C1)C2C(C#N)=C3C#N. The fraction of sp³-hybridized carbons (Fsp3) is 0.714. The van der Waals surface area contributed by atoms with Gasteiger partial charge < -0.3 is 0 Å². The van der Waals surface area contributed by atoms with Crippen molar-refractivity contribution in [3.8, 4) is 12.1 Å². The third kappa shape index (κ3) is 1.49. The van der Waals surface area contributed by atoms with Crippen LogP contribution in [0.4, 0.5) is 0 Å². The Balaban J connectivity index is 2.04. The van der Waals surface area contributed by atoms with E-state index in [-0.39, 0.29) is 0 Å². The van der Waals surface area contributed by atoms with Gasteiger partial charge in [-0.1, -0.05) is 25.2 Å². The van der Waals surface area contributed by atoms with E-state index in [0.717, 1.165) is 23.0 Å². The quantitative estimate of drug-likeness (QED) is 0.612. The Morgan fingerprint density at radius 1 is 1.00 bits per heavy atom. The molecule has 1 heterocycles. The summed E-state index contributed by atoms with van der Waals surface area (Å²) in [7, 11) is -1.01. The Hall–Kier alpha value is -1.06. The van der Waals surface area contributed by atoms with Crippen molar-refractivity contribution in [1.82, 2.24) is 0 Å². The lowest BCUT2D eigenvalue weighted by atomic mass is 9.58. The van der Waals surface area contributed by atoms with E-state index in [0.29, 0.717) is 11.8 Å². The molecular weight excluding hydrogens is 224 g/mol. The molecule has 3 heteroatoms. The van der Waals surface area contributed by atoms with Crippen LogP contribution in [0.15, 0.2) is 11.1 Å². The van der Waals surface area contributed by atoms with E-state index in [2.05, 4.69) is 25.2 Å². The van der Waals surface area contributed by atoms with Crippen LogP contribution in [-0.2, 0) is 0 Å². The van der Waals surface area contributed by atoms with Gasteiger partial charge in [-0.15, -0.1) is 0 Å². The first-order valence-corrected chi connectivity index (χ1v) is 10.0. The molecule has 0 amide bonds. The largest absolute Gasteiger partial charge is 0.193 e. The van der Waals surface area contributed by atoms with Gasteiger partial charge in [0.15, 0.2) is 0 Å². The maximum Gasteiger partial charge on any atom is 0.0960 e. The zero-order chi connectivity index (χ0) is 12.2. The van der Waals surface area contributed by atoms with Crippen molar-refractivity contribution < 1.29 is 0 Å². The highest BCUT2D eigenvalue weighted by Gasteiger charge is 2.52. The van der Waals surface area contributed by atoms with Crippen molar-refractivity contribution in [3.05, 3.63) is 11.1 Å². The molecule has 1 saturated carbocycles. The second-order valence-electron chi connectivity index (χ2n) is 6.84. The van der Waals surface area contributed by atoms with Gasteiger partial charge in [-0.25, -0.2) is 0 Å². The van der Waals surface area contributed by atoms with Crippen LogP contribution in [0, 0.1) is 46.3 Å². The summed E-state index contributed by atoms with van der Waals surface area (Å²) < 4.78 is 0. The van der Waals surface area contributed by atoms with Crippen LogP contribution in [0.1, 0.15) is 12.8 Å². The van der Waals surface area contributed by atoms with E-state index in [1.54, 1.807) is 0 Å². The summed E-state index contributed by atoms with van der Waals surface area (Å²) in [6.45, 7) is 4.98. The topological polar surface area (TPSA) is 47.6 Å². The second kappa shape index (κ2) is 3.46. The van der Waals surface area contributed by atoms with E-state index < -0.39 is 8.07 Å². The summed E-state index contributed by atoms with van der Waals surface area (Å²) in [5, 5.41) is 18.6. The van der Waals surface area contributed by atoms with Gasteiger partial charge in [0, 0.05) is 25.1 Å². The first-order valence-electron chi connectivity index (χ1n) is 6.60. The molecule has 1 saturated heterocycles. The van der Waals surface area contributed by atoms with Gasteiger partial charge in [0.1, 0.15) is 0 Å². The molecule has 2 unspecified atom stereocenters. The van der Waals surface area contributed by atoms with Gasteiger partial charge in [0.05, 0.1) is 12.1 Å². The highest BCUT2D eigenvalue weighted by Crippen LogP contribution is 2.58. The molecule has 0 radical (unpaired) electrons. The summed E-state index contributed by atoms with van der Waals surface area (Å²) in [5.74, 6) is 2.31. The minimum Gasteiger partial charge on any atom is -0.193 e. The van der Waals surface area contributed by atoms with Crippen LogP contribution in [0.2, 0.25) is 25.2 Å². The minimum atomic E-state index is -1.01. The van der Waals surface area contributed by atoms with E-state index in [1.165, 1.54) is 24.9 Å². The van der Waals surface area contributed by atoms with Crippen molar-refractivity contribution in [2.75, 3.05) is 0 Å². The predicted octanol–water partition coefficient (Wildman–Crippen LogP) is 3.32. The van der Waals surface area contributed by atoms with Crippen molar-refractivity contribution in [1.29, 1.82) is 10.5 Å². The number of nitriles is 2. The second-order valence-corrected chi connectivity index (χ2v) is 12.0. The number of nitrogens with zero attached hydrogens (tertiary/aromatic N) is 2. The number of hydrogen-bond donors (Lipinski definition) is 0. The first-order chi connectivity index (χ1) is 8.05. The minimum absolute atomic E-state index is 0.416. The maximum absolute atomic E-state index is 9.35. The molecule has 2 atom stereocenters. The average molecular weight is 242 g/mol. The molecule has 0 spiro atoms. The molecule has 3 aliphatic carbocycles. The van der Waals surface area contributed by atoms with Crippen molar-refractivity contribution in [3.63, 3.8) is 0 Å². The lowest BCUT2D eigenvalue weighted by Gasteiger charge is -2.54. The Bertz CT molecular complexity index is 459. The predicted molar refractivity (Wildman–Crippen MR) is 68.5 cm³/mol. The molecule has 0 aromatic rings. The molecule has 17 heavy (non-hydrogen) atoms. The van der Waals surface area contributed by atoms with Gasteiger partial charge in [-0.2, -0.15) is 10.5 Å². The summed E-state index contributed by atoms with van der Waals surface area (Å²) in [6, 6.07) is 7.42. The van der Waals surface area contributed by atoms with Gasteiger partial charge >= 0.3 is 0 Å². The van der Waals surface area contributed by atoms with Gasteiger partial charge in [-0.05, 0) is 30.6 Å². The zero-order valence-corrected chi connectivity index (χ0v) is 11.5. The Morgan fingerprint density at radius 3 is 2.00 bits per heavy atom. The first kappa shape index (κ1) is 11.1. The summed E-state index contributed by atoms with van der Waals surface area (Å²) in [5.41, 5.74) is 1.71. The van der Waals surface area contributed by atoms with Crippen molar-refractivity contribution in [2.24, 2.45) is 23.7 Å². The van der Waals surface area contributed by atoms with Crippen LogP contribution < -0.4 is 0 Å². The maximum atomic E-state index is 9.35. The number of allylic oxidation sites excluding steroid dienone is 2. The van der Waals surface area contributed by atoms with Gasteiger partial charge in [0.25, 0.3) is 0 Å². The molecule has 2 nitrogen and oxygen atoms in total. The highest BCUT2D eigenvalue weighted by molar-refractivity contribution is 6.77. The van der Waals surface area contributed by atoms with E-state index in [9.17, 15) is 10.5 Å². The fourth-order valence-corrected chi connectivity index (χ4v) is 8.67. The molecule has 4 bridgehead atoms. The van der Waals surface area contributed by atoms with E-state index in [1.807, 2.05) is 0 Å². The fourth-order valence-electron chi connectivity index (χ4n) is 4.82. The Morgan fingerprint density at radius 2 is 1.53 bits per heavy atom. The monoisotopic (exact) mass is 242 g/mol. The molecule has 1 aliphatic heterocycles. The van der Waals surface area contributed by atoms with Crippen LogP contribution >= 0.6 is 0 Å². The van der Waals surface area contributed by atoms with Crippen molar-refractivity contribution >= 4 is 8.07 Å². The smallest absolute Gasteiger partial charge is 0.0960 e. The highest BCUT2D eigenvalue weighted by atomic mass is 28.3. The van der Waals surface area contributed by atoms with Gasteiger partial charge in [-0.3, -0.25) is 0 Å². The van der Waals surface area contributed by atoms with Crippen molar-refractivity contribution in [2.45, 2.75) is 38.0 Å². The molecule has 4 aliphatic rings. The molecule has 0 aromatic heterocycles. The lowest BCUT2D eigenvalue weighted by molar-refractivity contribution is 0.137. The van der Waals surface area contributed by atoms with Gasteiger partial charge in [0.2, 0.25) is 0 Å². The summed E-state index contributed by atoms with van der Waals surface area (Å²) in [4.78, 5) is 0. The number of rotatable bonds is 0. The third-order valence-electron chi connectivity index (χ3n) is 5.09. The Kier molecular flexibility index (Phi) is 2.25. The van der Waals surface area contributed by atoms with Crippen LogP contribution in [0.25, 0.3) is 0 Å². The number of hydrogen-bond acceptors (Lipinski definition) is 2. The standard InChI is InChI=1S/C14H18N2Si/c1-17(2)7-10-3-9-4-11(8-17)14(10)13(6-16)12(9)5-15/h9-11,14H,3-4,7-8H2,1-2H3. The lowest BCUT2D eigenvalue weighted by Crippen LogP contribution is -2.50. The molecule has 88 valence electrons. The Labute approximate surface area is 104 Å². The van der Waals surface area contributed by atoms with E-state index in [4.69, 9.17) is 0 Å². The van der Waals surface area contributed by atoms with Crippen LogP contribution in [0.3, 0.4) is 0 Å². The molecule has 0 aromatic carbocycles.